The second kappa shape index (κ2) is 10.4. The minimum atomic E-state index is -1.89. The average molecular weight is 476 g/mol. The number of aryl methyl sites for hydroxylation is 1. The Kier molecular flexibility index (Phi) is 7.99. The van der Waals surface area contributed by atoms with Gasteiger partial charge in [-0.1, -0.05) is 12.1 Å². The Labute approximate surface area is 216 Å². The summed E-state index contributed by atoms with van der Waals surface area (Å²) in [4.78, 5) is 24.1. The summed E-state index contributed by atoms with van der Waals surface area (Å²) in [5, 5.41) is 52.8. The normalized spacial score (nSPS) is 24.8. The molecule has 1 saturated heterocycles. The number of phenolic OH excluding ortho intramolecular Hbond substituents is 1. The van der Waals surface area contributed by atoms with Crippen LogP contribution >= 0.6 is 0 Å². The second-order valence-electron chi connectivity index (χ2n) is 7.91. The van der Waals surface area contributed by atoms with E-state index in [1.165, 1.54) is 18.2 Å². The Morgan fingerprint density at radius 3 is 2.47 bits per heavy atom. The van der Waals surface area contributed by atoms with Crippen LogP contribution in [0.5, 0.6) is 5.75 Å². The van der Waals surface area contributed by atoms with Gasteiger partial charge >= 0.3 is 29.6 Å². The van der Waals surface area contributed by atoms with Crippen LogP contribution in [0.2, 0.25) is 0 Å². The van der Waals surface area contributed by atoms with Crippen molar-refractivity contribution in [2.45, 2.75) is 37.4 Å². The van der Waals surface area contributed by atoms with Crippen molar-refractivity contribution in [2.24, 2.45) is 0 Å². The first kappa shape index (κ1) is 26.1. The quantitative estimate of drug-likeness (QED) is 0.179. The van der Waals surface area contributed by atoms with Crippen molar-refractivity contribution < 1.29 is 73.8 Å². The maximum absolute atomic E-state index is 12.8. The number of aromatic hydroxyl groups is 1. The van der Waals surface area contributed by atoms with Crippen molar-refractivity contribution in [2.75, 3.05) is 0 Å². The first-order valence-electron chi connectivity index (χ1n) is 10.1. The minimum absolute atomic E-state index is 0. The van der Waals surface area contributed by atoms with Crippen molar-refractivity contribution in [1.29, 1.82) is 0 Å². The smallest absolute Gasteiger partial charge is 0.547 e. The Bertz CT molecular complexity index is 1250. The van der Waals surface area contributed by atoms with E-state index in [4.69, 9.17) is 9.15 Å². The topological polar surface area (TPSA) is 160 Å². The molecule has 1 aromatic heterocycles. The molecule has 2 heterocycles. The maximum Gasteiger partial charge on any atom is 1.00 e. The third-order valence-corrected chi connectivity index (χ3v) is 5.71. The number of carboxylic acid groups (broad SMARTS) is 1. The monoisotopic (exact) mass is 476 g/mol. The molecule has 1 aliphatic rings. The van der Waals surface area contributed by atoms with Gasteiger partial charge in [0.15, 0.2) is 5.78 Å². The fourth-order valence-electron chi connectivity index (χ4n) is 3.90. The van der Waals surface area contributed by atoms with E-state index in [1.807, 2.05) is 6.07 Å². The average Bonchev–Trinajstić information content (AvgIpc) is 3.24. The number of hydrogen-bond acceptors (Lipinski definition) is 9. The SMILES string of the molecule is Cc1cc(O)c(C(=O)/C=C/c2ccc3occc3c2)cc1C1OC(C(=O)[O-])C(O)C(O)C1O.[Na+]. The molecule has 0 radical (unpaired) electrons. The number of aliphatic carboxylic acids is 1. The molecule has 5 unspecified atom stereocenters. The Morgan fingerprint density at radius 2 is 1.76 bits per heavy atom. The molecule has 172 valence electrons. The van der Waals surface area contributed by atoms with E-state index >= 15 is 0 Å². The number of furan rings is 1. The van der Waals surface area contributed by atoms with Crippen LogP contribution in [0.4, 0.5) is 0 Å². The molecule has 0 aliphatic carbocycles. The number of benzene rings is 2. The maximum atomic E-state index is 12.8. The molecule has 3 aromatic rings. The van der Waals surface area contributed by atoms with Gasteiger partial charge < -0.3 is 39.5 Å². The summed E-state index contributed by atoms with van der Waals surface area (Å²) in [6.45, 7) is 1.56. The van der Waals surface area contributed by atoms with Crippen LogP contribution in [-0.2, 0) is 9.53 Å². The third kappa shape index (κ3) is 4.96. The summed E-state index contributed by atoms with van der Waals surface area (Å²) in [7, 11) is 0. The Morgan fingerprint density at radius 1 is 1.03 bits per heavy atom. The van der Waals surface area contributed by atoms with Crippen LogP contribution in [0.15, 0.2) is 53.2 Å². The number of phenols is 1. The van der Waals surface area contributed by atoms with E-state index in [9.17, 15) is 35.1 Å². The molecule has 10 heteroatoms. The van der Waals surface area contributed by atoms with E-state index < -0.39 is 42.3 Å². The number of fused-ring (bicyclic) bond motifs is 1. The number of carboxylic acids is 1. The summed E-state index contributed by atoms with van der Waals surface area (Å²) in [6, 6.07) is 9.66. The van der Waals surface area contributed by atoms with Crippen LogP contribution < -0.4 is 34.7 Å². The van der Waals surface area contributed by atoms with Gasteiger partial charge in [-0.05, 0) is 60.0 Å². The summed E-state index contributed by atoms with van der Waals surface area (Å²) in [5.74, 6) is -2.63. The van der Waals surface area contributed by atoms with Crippen molar-refractivity contribution >= 4 is 28.8 Å². The molecule has 0 bridgehead atoms. The predicted octanol–water partition coefficient (Wildman–Crippen LogP) is -2.38. The van der Waals surface area contributed by atoms with Gasteiger partial charge in [0.2, 0.25) is 0 Å². The molecule has 4 rings (SSSR count). The van der Waals surface area contributed by atoms with Gasteiger partial charge in [0, 0.05) is 5.39 Å². The Balaban J connectivity index is 0.00000324. The molecule has 4 N–H and O–H groups in total. The molecule has 34 heavy (non-hydrogen) atoms. The van der Waals surface area contributed by atoms with E-state index in [-0.39, 0.29) is 46.4 Å². The zero-order valence-corrected chi connectivity index (χ0v) is 20.4. The van der Waals surface area contributed by atoms with Gasteiger partial charge in [0.25, 0.3) is 0 Å². The molecule has 0 saturated carbocycles. The van der Waals surface area contributed by atoms with Crippen molar-refractivity contribution in [3.63, 3.8) is 0 Å². The number of carbonyl (C=O) groups is 2. The van der Waals surface area contributed by atoms with E-state index in [0.717, 1.165) is 10.9 Å². The van der Waals surface area contributed by atoms with Gasteiger partial charge in [-0.2, -0.15) is 0 Å². The number of ketones is 1. The first-order chi connectivity index (χ1) is 15.7. The second-order valence-corrected chi connectivity index (χ2v) is 7.91. The van der Waals surface area contributed by atoms with Crippen LogP contribution in [0.25, 0.3) is 17.0 Å². The summed E-state index contributed by atoms with van der Waals surface area (Å²) in [5.41, 5.74) is 1.87. The third-order valence-electron chi connectivity index (χ3n) is 5.71. The standard InChI is InChI=1S/C24H22O9.Na/c1-11-8-17(26)15(16(25)4-2-12-3-5-18-13(9-12)6-7-32-18)10-14(11)22-20(28)19(27)21(29)23(33-22)24(30)31;/h2-10,19-23,26-29H,1H3,(H,30,31);/q;+1/p-1/b4-2+;. The molecule has 5 atom stereocenters. The zero-order valence-electron chi connectivity index (χ0n) is 18.4. The molecule has 1 aliphatic heterocycles. The molecule has 2 aromatic carbocycles. The molecule has 1 fully saturated rings. The largest absolute Gasteiger partial charge is 1.00 e. The Hall–Kier alpha value is -2.50. The van der Waals surface area contributed by atoms with E-state index in [0.29, 0.717) is 11.1 Å². The van der Waals surface area contributed by atoms with Crippen molar-refractivity contribution in [3.8, 4) is 5.75 Å². The minimum Gasteiger partial charge on any atom is -0.547 e. The fourth-order valence-corrected chi connectivity index (χ4v) is 3.90. The molecule has 0 spiro atoms. The van der Waals surface area contributed by atoms with E-state index in [2.05, 4.69) is 0 Å². The van der Waals surface area contributed by atoms with Gasteiger partial charge in [0.05, 0.1) is 17.8 Å². The van der Waals surface area contributed by atoms with Crippen molar-refractivity contribution in [1.82, 2.24) is 0 Å². The van der Waals surface area contributed by atoms with Crippen LogP contribution in [0, 0.1) is 6.92 Å². The zero-order chi connectivity index (χ0) is 23.9. The summed E-state index contributed by atoms with van der Waals surface area (Å²) in [6.07, 6.45) is -4.30. The van der Waals surface area contributed by atoms with Crippen molar-refractivity contribution in [3.05, 3.63) is 71.0 Å². The summed E-state index contributed by atoms with van der Waals surface area (Å²) >= 11 is 0. The molecule has 0 amide bonds. The van der Waals surface area contributed by atoms with Gasteiger partial charge in [-0.15, -0.1) is 0 Å². The number of hydrogen-bond donors (Lipinski definition) is 4. The van der Waals surface area contributed by atoms with E-state index in [1.54, 1.807) is 37.5 Å². The van der Waals surface area contributed by atoms with Crippen LogP contribution in [-0.4, -0.2) is 56.6 Å². The number of allylic oxidation sites excluding steroid dienone is 1. The molecule has 9 nitrogen and oxygen atoms in total. The number of ether oxygens (including phenoxy) is 1. The first-order valence-corrected chi connectivity index (χ1v) is 10.1. The van der Waals surface area contributed by atoms with Gasteiger partial charge in [0.1, 0.15) is 41.9 Å². The van der Waals surface area contributed by atoms with Crippen LogP contribution in [0.3, 0.4) is 0 Å². The van der Waals surface area contributed by atoms with Gasteiger partial charge in [-0.3, -0.25) is 4.79 Å². The summed E-state index contributed by atoms with van der Waals surface area (Å²) < 4.78 is 10.6. The number of aliphatic hydroxyl groups excluding tert-OH is 3. The van der Waals surface area contributed by atoms with Gasteiger partial charge in [-0.25, -0.2) is 0 Å². The van der Waals surface area contributed by atoms with Crippen LogP contribution in [0.1, 0.15) is 33.2 Å². The molecular weight excluding hydrogens is 455 g/mol. The molecular formula is C24H21NaO9. The number of rotatable bonds is 5. The fraction of sp³-hybridized carbons (Fsp3) is 0.250. The number of aliphatic hydroxyl groups is 3. The predicted molar refractivity (Wildman–Crippen MR) is 113 cm³/mol. The number of carbonyl (C=O) groups excluding carboxylic acids is 2.